The van der Waals surface area contributed by atoms with Crippen LogP contribution in [-0.2, 0) is 11.2 Å². The van der Waals surface area contributed by atoms with Crippen molar-refractivity contribution in [3.8, 4) is 0 Å². The Morgan fingerprint density at radius 3 is 2.63 bits per heavy atom. The number of nitrogens with one attached hydrogen (secondary N) is 1. The van der Waals surface area contributed by atoms with Gasteiger partial charge in [-0.1, -0.05) is 42.7 Å². The molecular formula is C16H24N2O. The summed E-state index contributed by atoms with van der Waals surface area (Å²) in [5.41, 5.74) is 8.08. The van der Waals surface area contributed by atoms with E-state index in [-0.39, 0.29) is 11.9 Å². The summed E-state index contributed by atoms with van der Waals surface area (Å²) in [5.74, 6) is 0.574. The fourth-order valence-electron chi connectivity index (χ4n) is 2.83. The zero-order chi connectivity index (χ0) is 13.7. The van der Waals surface area contributed by atoms with Crippen LogP contribution in [0.3, 0.4) is 0 Å². The lowest BCUT2D eigenvalue weighted by Crippen LogP contribution is -2.45. The Hall–Kier alpha value is -1.35. The van der Waals surface area contributed by atoms with Gasteiger partial charge in [0.2, 0.25) is 5.91 Å². The summed E-state index contributed by atoms with van der Waals surface area (Å²) in [6, 6.07) is 8.42. The second kappa shape index (κ2) is 6.71. The van der Waals surface area contributed by atoms with Crippen molar-refractivity contribution in [1.29, 1.82) is 0 Å². The van der Waals surface area contributed by atoms with Gasteiger partial charge in [-0.05, 0) is 37.8 Å². The minimum Gasteiger partial charge on any atom is -0.353 e. The second-order valence-corrected chi connectivity index (χ2v) is 5.62. The summed E-state index contributed by atoms with van der Waals surface area (Å²) in [7, 11) is 0. The summed E-state index contributed by atoms with van der Waals surface area (Å²) >= 11 is 0. The van der Waals surface area contributed by atoms with Crippen LogP contribution >= 0.6 is 0 Å². The number of aryl methyl sites for hydroxylation is 1. The molecule has 1 aliphatic rings. The van der Waals surface area contributed by atoms with Gasteiger partial charge in [0, 0.05) is 6.04 Å². The molecule has 104 valence electrons. The molecule has 0 heterocycles. The third-order valence-electron chi connectivity index (χ3n) is 4.04. The van der Waals surface area contributed by atoms with E-state index in [0.717, 1.165) is 18.4 Å². The Morgan fingerprint density at radius 2 is 1.95 bits per heavy atom. The Kier molecular flexibility index (Phi) is 4.97. The topological polar surface area (TPSA) is 55.1 Å². The summed E-state index contributed by atoms with van der Waals surface area (Å²) in [6.07, 6.45) is 5.12. The Morgan fingerprint density at radius 1 is 1.26 bits per heavy atom. The van der Waals surface area contributed by atoms with Crippen molar-refractivity contribution in [3.05, 3.63) is 35.4 Å². The van der Waals surface area contributed by atoms with Crippen molar-refractivity contribution >= 4 is 5.91 Å². The molecule has 3 nitrogen and oxygen atoms in total. The predicted molar refractivity (Wildman–Crippen MR) is 77.8 cm³/mol. The number of benzene rings is 1. The lowest BCUT2D eigenvalue weighted by atomic mass is 9.84. The van der Waals surface area contributed by atoms with Crippen LogP contribution in [0.2, 0.25) is 0 Å². The first kappa shape index (κ1) is 14.1. The highest BCUT2D eigenvalue weighted by Crippen LogP contribution is 2.23. The van der Waals surface area contributed by atoms with Crippen LogP contribution in [0.1, 0.15) is 36.8 Å². The fourth-order valence-corrected chi connectivity index (χ4v) is 2.83. The molecule has 1 aromatic rings. The first-order valence-corrected chi connectivity index (χ1v) is 7.24. The van der Waals surface area contributed by atoms with Gasteiger partial charge in [-0.2, -0.15) is 0 Å². The van der Waals surface area contributed by atoms with E-state index in [1.165, 1.54) is 18.4 Å². The standard InChI is InChI=1S/C16H24N2O/c1-12-6-8-13(9-7-12)10-16(19)18-15-5-3-2-4-14(15)11-17/h6-9,14-15H,2-5,10-11,17H2,1H3,(H,18,19). The summed E-state index contributed by atoms with van der Waals surface area (Å²) < 4.78 is 0. The molecule has 3 heteroatoms. The van der Waals surface area contributed by atoms with Gasteiger partial charge in [0.05, 0.1) is 6.42 Å². The first-order valence-electron chi connectivity index (χ1n) is 7.24. The molecule has 1 aliphatic carbocycles. The molecule has 2 atom stereocenters. The summed E-state index contributed by atoms with van der Waals surface area (Å²) in [4.78, 5) is 12.1. The molecule has 0 radical (unpaired) electrons. The van der Waals surface area contributed by atoms with Crippen LogP contribution in [0.15, 0.2) is 24.3 Å². The normalized spacial score (nSPS) is 23.1. The monoisotopic (exact) mass is 260 g/mol. The third-order valence-corrected chi connectivity index (χ3v) is 4.04. The zero-order valence-electron chi connectivity index (χ0n) is 11.7. The first-order chi connectivity index (χ1) is 9.19. The molecule has 0 aromatic heterocycles. The average Bonchev–Trinajstić information content (AvgIpc) is 2.42. The van der Waals surface area contributed by atoms with Gasteiger partial charge in [0.25, 0.3) is 0 Å². The Labute approximate surface area is 115 Å². The third kappa shape index (κ3) is 4.06. The van der Waals surface area contributed by atoms with Gasteiger partial charge in [-0.25, -0.2) is 0 Å². The van der Waals surface area contributed by atoms with Crippen molar-refractivity contribution in [2.24, 2.45) is 11.7 Å². The molecule has 2 rings (SSSR count). The van der Waals surface area contributed by atoms with Gasteiger partial charge in [0.15, 0.2) is 0 Å². The van der Waals surface area contributed by atoms with Crippen LogP contribution in [0.25, 0.3) is 0 Å². The van der Waals surface area contributed by atoms with Crippen molar-refractivity contribution in [2.45, 2.75) is 45.1 Å². The number of hydrogen-bond acceptors (Lipinski definition) is 2. The molecule has 0 bridgehead atoms. The maximum absolute atomic E-state index is 12.1. The van der Waals surface area contributed by atoms with Crippen molar-refractivity contribution < 1.29 is 4.79 Å². The lowest BCUT2D eigenvalue weighted by molar-refractivity contribution is -0.121. The molecule has 0 aliphatic heterocycles. The van der Waals surface area contributed by atoms with E-state index in [2.05, 4.69) is 12.2 Å². The largest absolute Gasteiger partial charge is 0.353 e. The Bertz CT molecular complexity index is 413. The molecule has 1 aromatic carbocycles. The van der Waals surface area contributed by atoms with Crippen LogP contribution in [0.5, 0.6) is 0 Å². The average molecular weight is 260 g/mol. The molecule has 1 amide bonds. The minimum absolute atomic E-state index is 0.120. The lowest BCUT2D eigenvalue weighted by Gasteiger charge is -2.31. The van der Waals surface area contributed by atoms with E-state index in [1.807, 2.05) is 24.3 Å². The maximum Gasteiger partial charge on any atom is 0.224 e. The highest BCUT2D eigenvalue weighted by Gasteiger charge is 2.25. The van der Waals surface area contributed by atoms with E-state index < -0.39 is 0 Å². The number of carbonyl (C=O) groups excluding carboxylic acids is 1. The maximum atomic E-state index is 12.1. The van der Waals surface area contributed by atoms with E-state index >= 15 is 0 Å². The second-order valence-electron chi connectivity index (χ2n) is 5.62. The van der Waals surface area contributed by atoms with Gasteiger partial charge in [0.1, 0.15) is 0 Å². The minimum atomic E-state index is 0.120. The molecule has 0 spiro atoms. The van der Waals surface area contributed by atoms with Crippen LogP contribution in [0.4, 0.5) is 0 Å². The van der Waals surface area contributed by atoms with Gasteiger partial charge in [-0.15, -0.1) is 0 Å². The van der Waals surface area contributed by atoms with Crippen molar-refractivity contribution in [1.82, 2.24) is 5.32 Å². The van der Waals surface area contributed by atoms with Crippen molar-refractivity contribution in [3.63, 3.8) is 0 Å². The van der Waals surface area contributed by atoms with Crippen molar-refractivity contribution in [2.75, 3.05) is 6.54 Å². The SMILES string of the molecule is Cc1ccc(CC(=O)NC2CCCCC2CN)cc1. The molecule has 0 saturated heterocycles. The quantitative estimate of drug-likeness (QED) is 0.871. The molecule has 1 saturated carbocycles. The van der Waals surface area contributed by atoms with Crippen LogP contribution in [0, 0.1) is 12.8 Å². The highest BCUT2D eigenvalue weighted by atomic mass is 16.1. The van der Waals surface area contributed by atoms with E-state index in [4.69, 9.17) is 5.73 Å². The van der Waals surface area contributed by atoms with Crippen LogP contribution in [-0.4, -0.2) is 18.5 Å². The van der Waals surface area contributed by atoms with Gasteiger partial charge < -0.3 is 11.1 Å². The number of nitrogens with two attached hydrogens (primary N) is 1. The van der Waals surface area contributed by atoms with Crippen LogP contribution < -0.4 is 11.1 Å². The molecule has 19 heavy (non-hydrogen) atoms. The summed E-state index contributed by atoms with van der Waals surface area (Å²) in [5, 5.41) is 3.16. The van der Waals surface area contributed by atoms with E-state index in [9.17, 15) is 4.79 Å². The fraction of sp³-hybridized carbons (Fsp3) is 0.562. The Balaban J connectivity index is 1.88. The molecule has 3 N–H and O–H groups in total. The highest BCUT2D eigenvalue weighted by molar-refractivity contribution is 5.78. The van der Waals surface area contributed by atoms with Gasteiger partial charge in [-0.3, -0.25) is 4.79 Å². The predicted octanol–water partition coefficient (Wildman–Crippen LogP) is 2.17. The number of amides is 1. The van der Waals surface area contributed by atoms with E-state index in [0.29, 0.717) is 18.9 Å². The van der Waals surface area contributed by atoms with Gasteiger partial charge >= 0.3 is 0 Å². The molecular weight excluding hydrogens is 236 g/mol. The number of rotatable bonds is 4. The smallest absolute Gasteiger partial charge is 0.224 e. The molecule has 2 unspecified atom stereocenters. The molecule has 1 fully saturated rings. The number of carbonyl (C=O) groups is 1. The van der Waals surface area contributed by atoms with E-state index in [1.54, 1.807) is 0 Å². The zero-order valence-corrected chi connectivity index (χ0v) is 11.7. The summed E-state index contributed by atoms with van der Waals surface area (Å²) in [6.45, 7) is 2.73. The number of hydrogen-bond donors (Lipinski definition) is 2.